The first-order valence-electron chi connectivity index (χ1n) is 27.6. The fraction of sp³-hybridized carbons (Fsp3) is 0.964. The smallest absolute Gasteiger partial charge is 0.306 e. The number of hydrogen-bond donors (Lipinski definition) is 0. The van der Waals surface area contributed by atoms with Gasteiger partial charge in [0.1, 0.15) is 12.2 Å². The highest BCUT2D eigenvalue weighted by atomic mass is 16.5. The van der Waals surface area contributed by atoms with Gasteiger partial charge in [-0.2, -0.15) is 0 Å². The third-order valence-corrected chi connectivity index (χ3v) is 12.4. The molecule has 0 aliphatic heterocycles. The van der Waals surface area contributed by atoms with Gasteiger partial charge in [0.25, 0.3) is 0 Å². The van der Waals surface area contributed by atoms with Crippen LogP contribution in [0, 0.1) is 0 Å². The molecule has 60 heavy (non-hydrogen) atoms. The first-order valence-corrected chi connectivity index (χ1v) is 27.6. The number of esters is 2. The molecule has 0 saturated heterocycles. The first kappa shape index (κ1) is 61.0. The third-order valence-electron chi connectivity index (χ3n) is 12.4. The van der Waals surface area contributed by atoms with E-state index in [9.17, 15) is 9.59 Å². The van der Waals surface area contributed by atoms with E-state index in [-0.39, 0.29) is 24.1 Å². The molecule has 0 aromatic rings. The van der Waals surface area contributed by atoms with E-state index in [2.05, 4.69) is 39.5 Å². The Kier molecular flexibility index (Phi) is 53.1. The molecule has 0 amide bonds. The SMILES string of the molecule is CC.CCCCCCCCC(CCCCCCCC)OC(=O)CCCCCCCN(CCC)CCCCCCCC(=O)OC(CCCCCCCC)CCCCCCCC. The molecule has 0 unspecified atom stereocenters. The molecule has 0 radical (unpaired) electrons. The summed E-state index contributed by atoms with van der Waals surface area (Å²) in [4.78, 5) is 28.2. The van der Waals surface area contributed by atoms with E-state index in [0.29, 0.717) is 12.8 Å². The highest BCUT2D eigenvalue weighted by Gasteiger charge is 2.16. The zero-order valence-electron chi connectivity index (χ0n) is 42.3. The van der Waals surface area contributed by atoms with Crippen molar-refractivity contribution in [1.82, 2.24) is 4.90 Å². The first-order chi connectivity index (χ1) is 29.5. The molecule has 0 saturated carbocycles. The molecule has 0 fully saturated rings. The van der Waals surface area contributed by atoms with Crippen molar-refractivity contribution in [3.05, 3.63) is 0 Å². The van der Waals surface area contributed by atoms with Crippen LogP contribution in [0.15, 0.2) is 0 Å². The van der Waals surface area contributed by atoms with Crippen LogP contribution in [-0.2, 0) is 19.1 Å². The Morgan fingerprint density at radius 3 is 0.850 bits per heavy atom. The molecule has 0 N–H and O–H groups in total. The number of rotatable bonds is 48. The van der Waals surface area contributed by atoms with Crippen LogP contribution in [0.4, 0.5) is 0 Å². The molecule has 0 rings (SSSR count). The molecule has 0 aliphatic rings. The predicted molar refractivity (Wildman–Crippen MR) is 265 cm³/mol. The summed E-state index contributed by atoms with van der Waals surface area (Å²) in [6, 6.07) is 0. The van der Waals surface area contributed by atoms with E-state index < -0.39 is 0 Å². The standard InChI is InChI=1S/C53H105NO4.C2H6/c1-6-11-15-19-25-33-41-50(42-34-26-20-16-12-7-2)57-52(55)45-37-29-23-31-39-48-54(47-10-5)49-40-32-24-30-38-46-53(56)58-51(43-35-27-21-17-13-8-3)44-36-28-22-18-14-9-4;1-2/h50-51H,6-49H2,1-5H3;1-2H3. The Balaban J connectivity index is 0. The van der Waals surface area contributed by atoms with Crippen molar-refractivity contribution in [2.75, 3.05) is 19.6 Å². The van der Waals surface area contributed by atoms with Crippen molar-refractivity contribution in [3.8, 4) is 0 Å². The van der Waals surface area contributed by atoms with Crippen molar-refractivity contribution >= 4 is 11.9 Å². The number of unbranched alkanes of at least 4 members (excludes halogenated alkanes) is 28. The number of nitrogens with zero attached hydrogens (tertiary/aromatic N) is 1. The van der Waals surface area contributed by atoms with Gasteiger partial charge in [-0.05, 0) is 103 Å². The summed E-state index contributed by atoms with van der Waals surface area (Å²) in [6.07, 6.45) is 49.6. The van der Waals surface area contributed by atoms with Gasteiger partial charge < -0.3 is 14.4 Å². The van der Waals surface area contributed by atoms with Crippen molar-refractivity contribution in [2.24, 2.45) is 0 Å². The lowest BCUT2D eigenvalue weighted by atomic mass is 10.0. The van der Waals surface area contributed by atoms with Crippen LogP contribution in [0.3, 0.4) is 0 Å². The van der Waals surface area contributed by atoms with Crippen LogP contribution in [0.1, 0.15) is 312 Å². The van der Waals surface area contributed by atoms with Crippen LogP contribution in [0.2, 0.25) is 0 Å². The van der Waals surface area contributed by atoms with Gasteiger partial charge in [0.15, 0.2) is 0 Å². The topological polar surface area (TPSA) is 55.8 Å². The van der Waals surface area contributed by atoms with Gasteiger partial charge in [0.05, 0.1) is 0 Å². The lowest BCUT2D eigenvalue weighted by molar-refractivity contribution is -0.151. The van der Waals surface area contributed by atoms with Gasteiger partial charge in [0, 0.05) is 12.8 Å². The monoisotopic (exact) mass is 850 g/mol. The van der Waals surface area contributed by atoms with Crippen LogP contribution >= 0.6 is 0 Å². The largest absolute Gasteiger partial charge is 0.462 e. The van der Waals surface area contributed by atoms with Crippen molar-refractivity contribution in [3.63, 3.8) is 0 Å². The summed E-state index contributed by atoms with van der Waals surface area (Å²) in [7, 11) is 0. The molecule has 5 heteroatoms. The highest BCUT2D eigenvalue weighted by molar-refractivity contribution is 5.69. The van der Waals surface area contributed by atoms with Crippen molar-refractivity contribution < 1.29 is 19.1 Å². The molecule has 5 nitrogen and oxygen atoms in total. The maximum absolute atomic E-state index is 12.8. The van der Waals surface area contributed by atoms with Crippen LogP contribution in [0.5, 0.6) is 0 Å². The minimum Gasteiger partial charge on any atom is -0.462 e. The zero-order valence-corrected chi connectivity index (χ0v) is 42.3. The minimum atomic E-state index is 0.0438. The highest BCUT2D eigenvalue weighted by Crippen LogP contribution is 2.20. The Bertz CT molecular complexity index is 737. The van der Waals surface area contributed by atoms with Crippen LogP contribution in [-0.4, -0.2) is 48.7 Å². The summed E-state index contributed by atoms with van der Waals surface area (Å²) in [5.41, 5.74) is 0. The second kappa shape index (κ2) is 52.2. The fourth-order valence-electron chi connectivity index (χ4n) is 8.55. The molecule has 0 bridgehead atoms. The van der Waals surface area contributed by atoms with Gasteiger partial charge >= 0.3 is 11.9 Å². The second-order valence-electron chi connectivity index (χ2n) is 18.3. The van der Waals surface area contributed by atoms with Gasteiger partial charge in [-0.1, -0.05) is 215 Å². The number of hydrogen-bond acceptors (Lipinski definition) is 5. The van der Waals surface area contributed by atoms with Crippen LogP contribution < -0.4 is 0 Å². The van der Waals surface area contributed by atoms with Gasteiger partial charge in [-0.25, -0.2) is 0 Å². The summed E-state index contributed by atoms with van der Waals surface area (Å²) >= 11 is 0. The molecule has 360 valence electrons. The molecule has 0 atom stereocenters. The second-order valence-corrected chi connectivity index (χ2v) is 18.3. The van der Waals surface area contributed by atoms with E-state index in [0.717, 1.165) is 51.4 Å². The Morgan fingerprint density at radius 1 is 0.317 bits per heavy atom. The third kappa shape index (κ3) is 46.4. The average Bonchev–Trinajstić information content (AvgIpc) is 3.25. The van der Waals surface area contributed by atoms with E-state index in [1.807, 2.05) is 13.8 Å². The predicted octanol–water partition coefficient (Wildman–Crippen LogP) is 18.2. The van der Waals surface area contributed by atoms with Gasteiger partial charge in [-0.3, -0.25) is 9.59 Å². The molecular weight excluding hydrogens is 739 g/mol. The Hall–Kier alpha value is -1.10. The number of carbonyl (C=O) groups excluding carboxylic acids is 2. The lowest BCUT2D eigenvalue weighted by Gasteiger charge is -2.21. The maximum Gasteiger partial charge on any atom is 0.306 e. The number of carbonyl (C=O) groups is 2. The Labute approximate surface area is 378 Å². The van der Waals surface area contributed by atoms with Crippen molar-refractivity contribution in [1.29, 1.82) is 0 Å². The summed E-state index contributed by atoms with van der Waals surface area (Å²) in [5.74, 6) is 0.0875. The van der Waals surface area contributed by atoms with E-state index in [1.165, 1.54) is 219 Å². The average molecular weight is 850 g/mol. The fourth-order valence-corrected chi connectivity index (χ4v) is 8.55. The normalized spacial score (nSPS) is 11.4. The molecule has 0 aromatic carbocycles. The van der Waals surface area contributed by atoms with E-state index in [1.54, 1.807) is 0 Å². The summed E-state index contributed by atoms with van der Waals surface area (Å²) in [5, 5.41) is 0. The summed E-state index contributed by atoms with van der Waals surface area (Å²) < 4.78 is 12.1. The molecule has 0 heterocycles. The maximum atomic E-state index is 12.8. The molecular formula is C55H111NO4. The number of ether oxygens (including phenoxy) is 2. The van der Waals surface area contributed by atoms with Crippen molar-refractivity contribution in [2.45, 2.75) is 324 Å². The van der Waals surface area contributed by atoms with Gasteiger partial charge in [0.2, 0.25) is 0 Å². The van der Waals surface area contributed by atoms with E-state index in [4.69, 9.17) is 9.47 Å². The minimum absolute atomic E-state index is 0.0438. The van der Waals surface area contributed by atoms with E-state index >= 15 is 0 Å². The molecule has 0 aliphatic carbocycles. The lowest BCUT2D eigenvalue weighted by Crippen LogP contribution is -2.27. The van der Waals surface area contributed by atoms with Gasteiger partial charge in [-0.15, -0.1) is 0 Å². The quantitative estimate of drug-likeness (QED) is 0.0451. The summed E-state index contributed by atoms with van der Waals surface area (Å²) in [6.45, 7) is 19.0. The molecule has 0 aromatic heterocycles. The Morgan fingerprint density at radius 2 is 0.567 bits per heavy atom. The van der Waals surface area contributed by atoms with Crippen LogP contribution in [0.25, 0.3) is 0 Å². The zero-order chi connectivity index (χ0) is 44.4. The molecule has 0 spiro atoms.